The first-order chi connectivity index (χ1) is 12.4. The number of carbonyl (C=O) groups is 2. The fraction of sp³-hybridized carbons (Fsp3) is 0.211. The number of carbonyl (C=O) groups excluding carboxylic acids is 2. The van der Waals surface area contributed by atoms with Crippen molar-refractivity contribution in [2.24, 2.45) is 0 Å². The van der Waals surface area contributed by atoms with Crippen LogP contribution >= 0.6 is 11.6 Å². The van der Waals surface area contributed by atoms with Crippen LogP contribution in [-0.4, -0.2) is 24.6 Å². The summed E-state index contributed by atoms with van der Waals surface area (Å²) >= 11 is 5.92. The van der Waals surface area contributed by atoms with Crippen LogP contribution in [0.1, 0.15) is 18.1 Å². The lowest BCUT2D eigenvalue weighted by atomic mass is 10.2. The predicted molar refractivity (Wildman–Crippen MR) is 97.0 cm³/mol. The van der Waals surface area contributed by atoms with Gasteiger partial charge in [0.2, 0.25) is 0 Å². The second-order valence-electron chi connectivity index (χ2n) is 5.48. The molecule has 0 unspecified atom stereocenters. The Morgan fingerprint density at radius 1 is 1.27 bits per heavy atom. The Kier molecular flexibility index (Phi) is 6.59. The predicted octanol–water partition coefficient (Wildman–Crippen LogP) is 3.47. The smallest absolute Gasteiger partial charge is 0.344 e. The van der Waals surface area contributed by atoms with E-state index in [1.165, 1.54) is 6.92 Å². The molecule has 6 nitrogen and oxygen atoms in total. The minimum absolute atomic E-state index is 0.320. The van der Waals surface area contributed by atoms with Crippen molar-refractivity contribution in [2.75, 3.05) is 11.9 Å². The number of halogens is 1. The van der Waals surface area contributed by atoms with Crippen LogP contribution in [0.2, 0.25) is 5.02 Å². The number of nitrogens with zero attached hydrogens (tertiary/aromatic N) is 1. The number of esters is 1. The van der Waals surface area contributed by atoms with Crippen LogP contribution in [0.4, 0.5) is 5.69 Å². The molecule has 1 atom stereocenters. The molecule has 0 saturated carbocycles. The van der Waals surface area contributed by atoms with Crippen LogP contribution in [-0.2, 0) is 14.3 Å². The second-order valence-corrected chi connectivity index (χ2v) is 5.89. The number of aryl methyl sites for hydroxylation is 1. The van der Waals surface area contributed by atoms with Crippen molar-refractivity contribution in [3.05, 3.63) is 58.6 Å². The Bertz CT molecular complexity index is 861. The van der Waals surface area contributed by atoms with Gasteiger partial charge in [-0.2, -0.15) is 5.26 Å². The highest BCUT2D eigenvalue weighted by Gasteiger charge is 2.19. The molecule has 0 aromatic heterocycles. The first kappa shape index (κ1) is 19.3. The molecule has 1 N–H and O–H groups in total. The molecular formula is C19H17ClN2O4. The molecule has 0 bridgehead atoms. The van der Waals surface area contributed by atoms with Crippen LogP contribution in [0.5, 0.6) is 5.75 Å². The van der Waals surface area contributed by atoms with E-state index in [0.717, 1.165) is 5.56 Å². The molecule has 0 aliphatic carbocycles. The number of ether oxygens (including phenoxy) is 2. The maximum absolute atomic E-state index is 12.1. The summed E-state index contributed by atoms with van der Waals surface area (Å²) in [5.41, 5.74) is 1.50. The van der Waals surface area contributed by atoms with Gasteiger partial charge >= 0.3 is 5.97 Å². The highest BCUT2D eigenvalue weighted by molar-refractivity contribution is 6.31. The first-order valence-corrected chi connectivity index (χ1v) is 8.17. The van der Waals surface area contributed by atoms with Gasteiger partial charge in [-0.05, 0) is 49.7 Å². The van der Waals surface area contributed by atoms with Gasteiger partial charge in [0.05, 0.1) is 11.3 Å². The van der Waals surface area contributed by atoms with E-state index in [9.17, 15) is 9.59 Å². The molecule has 134 valence electrons. The van der Waals surface area contributed by atoms with E-state index < -0.39 is 18.0 Å². The lowest BCUT2D eigenvalue weighted by Crippen LogP contribution is -2.31. The van der Waals surface area contributed by atoms with Gasteiger partial charge in [0.1, 0.15) is 11.8 Å². The summed E-state index contributed by atoms with van der Waals surface area (Å²) < 4.78 is 10.4. The lowest BCUT2D eigenvalue weighted by Gasteiger charge is -2.14. The highest BCUT2D eigenvalue weighted by Crippen LogP contribution is 2.21. The fourth-order valence-electron chi connectivity index (χ4n) is 2.06. The second kappa shape index (κ2) is 8.88. The average Bonchev–Trinajstić information content (AvgIpc) is 2.63. The van der Waals surface area contributed by atoms with Gasteiger partial charge in [-0.1, -0.05) is 23.7 Å². The number of amides is 1. The number of para-hydroxylation sites is 1. The topological polar surface area (TPSA) is 88.4 Å². The van der Waals surface area contributed by atoms with Crippen molar-refractivity contribution in [2.45, 2.75) is 20.0 Å². The highest BCUT2D eigenvalue weighted by atomic mass is 35.5. The summed E-state index contributed by atoms with van der Waals surface area (Å²) in [6, 6.07) is 13.5. The summed E-state index contributed by atoms with van der Waals surface area (Å²) in [6.45, 7) is 2.92. The number of nitriles is 1. The molecule has 26 heavy (non-hydrogen) atoms. The largest absolute Gasteiger partial charge is 0.482 e. The summed E-state index contributed by atoms with van der Waals surface area (Å²) in [6.07, 6.45) is -1.04. The van der Waals surface area contributed by atoms with Gasteiger partial charge in [-0.25, -0.2) is 4.79 Å². The average molecular weight is 373 g/mol. The van der Waals surface area contributed by atoms with E-state index in [1.54, 1.807) is 42.5 Å². The Morgan fingerprint density at radius 3 is 2.69 bits per heavy atom. The van der Waals surface area contributed by atoms with Crippen LogP contribution in [0, 0.1) is 18.3 Å². The van der Waals surface area contributed by atoms with Crippen molar-refractivity contribution in [1.82, 2.24) is 0 Å². The Morgan fingerprint density at radius 2 is 2.00 bits per heavy atom. The maximum Gasteiger partial charge on any atom is 0.344 e. The maximum atomic E-state index is 12.1. The summed E-state index contributed by atoms with van der Waals surface area (Å²) in [4.78, 5) is 24.0. The normalized spacial score (nSPS) is 11.2. The van der Waals surface area contributed by atoms with E-state index in [4.69, 9.17) is 26.3 Å². The van der Waals surface area contributed by atoms with Crippen molar-refractivity contribution in [1.29, 1.82) is 5.26 Å². The monoisotopic (exact) mass is 372 g/mol. The van der Waals surface area contributed by atoms with Gasteiger partial charge in [-0.3, -0.25) is 4.79 Å². The molecule has 2 aromatic carbocycles. The van der Waals surface area contributed by atoms with Crippen molar-refractivity contribution in [3.8, 4) is 11.8 Å². The Labute approximate surface area is 156 Å². The molecule has 0 saturated heterocycles. The van der Waals surface area contributed by atoms with E-state index in [1.807, 2.05) is 13.0 Å². The molecule has 0 fully saturated rings. The third-order valence-electron chi connectivity index (χ3n) is 3.47. The van der Waals surface area contributed by atoms with Crippen LogP contribution < -0.4 is 10.1 Å². The molecule has 0 spiro atoms. The third-order valence-corrected chi connectivity index (χ3v) is 3.89. The molecule has 0 heterocycles. The van der Waals surface area contributed by atoms with Gasteiger partial charge in [-0.15, -0.1) is 0 Å². The zero-order valence-corrected chi connectivity index (χ0v) is 15.0. The lowest BCUT2D eigenvalue weighted by molar-refractivity contribution is -0.155. The Balaban J connectivity index is 1.87. The molecule has 2 rings (SSSR count). The molecule has 2 aromatic rings. The molecule has 0 aliphatic rings. The SMILES string of the molecule is Cc1cc(OCC(=O)O[C@H](C)C(=O)Nc2ccccc2C#N)ccc1Cl. The number of nitrogens with one attached hydrogen (secondary N) is 1. The van der Waals surface area contributed by atoms with Gasteiger partial charge < -0.3 is 14.8 Å². The van der Waals surface area contributed by atoms with Gasteiger partial charge in [0.25, 0.3) is 5.91 Å². The van der Waals surface area contributed by atoms with Crippen molar-refractivity contribution < 1.29 is 19.1 Å². The summed E-state index contributed by atoms with van der Waals surface area (Å²) in [5, 5.41) is 12.2. The minimum atomic E-state index is -1.04. The molecule has 1 amide bonds. The summed E-state index contributed by atoms with van der Waals surface area (Å²) in [7, 11) is 0. The van der Waals surface area contributed by atoms with Crippen LogP contribution in [0.3, 0.4) is 0 Å². The third kappa shape index (κ3) is 5.23. The molecule has 0 radical (unpaired) electrons. The van der Waals surface area contributed by atoms with Crippen LogP contribution in [0.15, 0.2) is 42.5 Å². The Hall–Kier alpha value is -3.04. The zero-order chi connectivity index (χ0) is 19.1. The van der Waals surface area contributed by atoms with Gasteiger partial charge in [0.15, 0.2) is 12.7 Å². The quantitative estimate of drug-likeness (QED) is 0.784. The van der Waals surface area contributed by atoms with E-state index in [-0.39, 0.29) is 6.61 Å². The number of hydrogen-bond donors (Lipinski definition) is 1. The summed E-state index contributed by atoms with van der Waals surface area (Å²) in [5.74, 6) is -0.749. The van der Waals surface area contributed by atoms with Crippen molar-refractivity contribution >= 4 is 29.2 Å². The van der Waals surface area contributed by atoms with Gasteiger partial charge in [0, 0.05) is 5.02 Å². The van der Waals surface area contributed by atoms with E-state index >= 15 is 0 Å². The number of rotatable bonds is 6. The fourth-order valence-corrected chi connectivity index (χ4v) is 2.18. The molecule has 0 aliphatic heterocycles. The van der Waals surface area contributed by atoms with Crippen molar-refractivity contribution in [3.63, 3.8) is 0 Å². The van der Waals surface area contributed by atoms with E-state index in [0.29, 0.717) is 22.0 Å². The standard InChI is InChI=1S/C19H17ClN2O4/c1-12-9-15(7-8-16(12)20)25-11-18(23)26-13(2)19(24)22-17-6-4-3-5-14(17)10-21/h3-9,13H,11H2,1-2H3,(H,22,24)/t13-/m1/s1. The van der Waals surface area contributed by atoms with E-state index in [2.05, 4.69) is 5.32 Å². The number of hydrogen-bond acceptors (Lipinski definition) is 5. The number of anilines is 1. The molecular weight excluding hydrogens is 356 g/mol. The zero-order valence-electron chi connectivity index (χ0n) is 14.3. The minimum Gasteiger partial charge on any atom is -0.482 e. The first-order valence-electron chi connectivity index (χ1n) is 7.79. The van der Waals surface area contributed by atoms with Crippen LogP contribution in [0.25, 0.3) is 0 Å². The molecule has 7 heteroatoms. The number of benzene rings is 2.